The van der Waals surface area contributed by atoms with Crippen LogP contribution in [-0.2, 0) is 14.8 Å². The van der Waals surface area contributed by atoms with Gasteiger partial charge in [0.05, 0.1) is 5.56 Å². The zero-order valence-corrected chi connectivity index (χ0v) is 12.6. The van der Waals surface area contributed by atoms with Crippen molar-refractivity contribution in [3.63, 3.8) is 0 Å². The lowest BCUT2D eigenvalue weighted by molar-refractivity contribution is 0.0237. The van der Waals surface area contributed by atoms with Crippen LogP contribution in [0.3, 0.4) is 0 Å². The molecule has 0 heterocycles. The van der Waals surface area contributed by atoms with Gasteiger partial charge in [0.25, 0.3) is 0 Å². The molecule has 0 saturated heterocycles. The van der Waals surface area contributed by atoms with Gasteiger partial charge in [-0.2, -0.15) is 0 Å². The van der Waals surface area contributed by atoms with Crippen molar-refractivity contribution in [2.45, 2.75) is 38.7 Å². The van der Waals surface area contributed by atoms with Gasteiger partial charge in [-0.25, -0.2) is 22.7 Å². The van der Waals surface area contributed by atoms with Crippen LogP contribution in [0.2, 0.25) is 0 Å². The summed E-state index contributed by atoms with van der Waals surface area (Å²) in [6.07, 6.45) is -0.342. The van der Waals surface area contributed by atoms with Crippen molar-refractivity contribution in [3.05, 3.63) is 29.1 Å². The molecule has 0 radical (unpaired) electrons. The molecule has 1 atom stereocenters. The quantitative estimate of drug-likeness (QED) is 0.862. The summed E-state index contributed by atoms with van der Waals surface area (Å²) in [6, 6.07) is 2.13. The Kier molecular flexibility index (Phi) is 4.88. The van der Waals surface area contributed by atoms with Crippen molar-refractivity contribution < 1.29 is 22.3 Å². The second-order valence-electron chi connectivity index (χ2n) is 5.00. The fourth-order valence-electron chi connectivity index (χ4n) is 1.44. The van der Waals surface area contributed by atoms with Crippen molar-refractivity contribution in [1.29, 1.82) is 0 Å². The predicted octanol–water partition coefficient (Wildman–Crippen LogP) is 1.98. The van der Waals surface area contributed by atoms with Crippen molar-refractivity contribution in [2.24, 2.45) is 11.1 Å². The van der Waals surface area contributed by atoms with Crippen LogP contribution >= 0.6 is 0 Å². The van der Waals surface area contributed by atoms with Crippen molar-refractivity contribution in [2.75, 3.05) is 0 Å². The summed E-state index contributed by atoms with van der Waals surface area (Å²) in [6.45, 7) is 6.83. The van der Waals surface area contributed by atoms with E-state index in [1.807, 2.05) is 13.8 Å². The van der Waals surface area contributed by atoms with Gasteiger partial charge < -0.3 is 4.74 Å². The van der Waals surface area contributed by atoms with E-state index in [-0.39, 0.29) is 23.1 Å². The van der Waals surface area contributed by atoms with Gasteiger partial charge in [-0.1, -0.05) is 13.8 Å². The molecule has 0 aliphatic heterocycles. The molecule has 0 aromatic heterocycles. The number of rotatable bonds is 4. The molecule has 7 heteroatoms. The Morgan fingerprint density at radius 2 is 1.85 bits per heavy atom. The molecule has 20 heavy (non-hydrogen) atoms. The van der Waals surface area contributed by atoms with E-state index in [0.29, 0.717) is 0 Å². The van der Waals surface area contributed by atoms with E-state index in [1.165, 1.54) is 13.0 Å². The molecule has 1 unspecified atom stereocenters. The molecule has 5 nitrogen and oxygen atoms in total. The summed E-state index contributed by atoms with van der Waals surface area (Å²) >= 11 is 0. The highest BCUT2D eigenvalue weighted by molar-refractivity contribution is 7.89. The smallest absolute Gasteiger partial charge is 0.338 e. The van der Waals surface area contributed by atoms with Crippen LogP contribution in [0.15, 0.2) is 17.0 Å². The first-order chi connectivity index (χ1) is 9.04. The van der Waals surface area contributed by atoms with E-state index in [1.54, 1.807) is 6.92 Å². The van der Waals surface area contributed by atoms with Crippen LogP contribution in [0.25, 0.3) is 0 Å². The van der Waals surface area contributed by atoms with E-state index >= 15 is 0 Å². The first-order valence-electron chi connectivity index (χ1n) is 6.08. The van der Waals surface area contributed by atoms with E-state index < -0.39 is 26.7 Å². The van der Waals surface area contributed by atoms with E-state index in [9.17, 15) is 17.6 Å². The molecule has 0 aliphatic carbocycles. The zero-order chi connectivity index (χ0) is 15.7. The molecule has 2 N–H and O–H groups in total. The van der Waals surface area contributed by atoms with Crippen molar-refractivity contribution in [1.82, 2.24) is 0 Å². The lowest BCUT2D eigenvalue weighted by Crippen LogP contribution is -2.21. The number of halogens is 1. The number of hydrogen-bond acceptors (Lipinski definition) is 4. The van der Waals surface area contributed by atoms with Gasteiger partial charge in [-0.05, 0) is 37.5 Å². The summed E-state index contributed by atoms with van der Waals surface area (Å²) in [5.41, 5.74) is -0.0268. The molecule has 0 fully saturated rings. The number of aryl methyl sites for hydroxylation is 1. The number of ether oxygens (including phenoxy) is 1. The Morgan fingerprint density at radius 3 is 2.30 bits per heavy atom. The molecular weight excluding hydrogens is 285 g/mol. The molecule has 0 saturated carbocycles. The average molecular weight is 303 g/mol. The minimum absolute atomic E-state index is 0.0145. The minimum atomic E-state index is -4.24. The molecule has 1 aromatic carbocycles. The highest BCUT2D eigenvalue weighted by Crippen LogP contribution is 2.20. The zero-order valence-electron chi connectivity index (χ0n) is 11.8. The monoisotopic (exact) mass is 303 g/mol. The van der Waals surface area contributed by atoms with Gasteiger partial charge >= 0.3 is 5.97 Å². The SMILES string of the molecule is Cc1cc(C(=O)OC(C)C(C)C)cc(S(N)(=O)=O)c1F. The van der Waals surface area contributed by atoms with E-state index in [0.717, 1.165) is 6.07 Å². The Bertz CT molecular complexity index is 626. The Labute approximate surface area is 118 Å². The number of sulfonamides is 1. The largest absolute Gasteiger partial charge is 0.459 e. The van der Waals surface area contributed by atoms with Crippen LogP contribution in [-0.4, -0.2) is 20.5 Å². The van der Waals surface area contributed by atoms with Gasteiger partial charge in [0, 0.05) is 0 Å². The summed E-state index contributed by atoms with van der Waals surface area (Å²) in [7, 11) is -4.24. The Balaban J connectivity index is 3.21. The lowest BCUT2D eigenvalue weighted by atomic mass is 10.1. The fourth-order valence-corrected chi connectivity index (χ4v) is 2.14. The number of esters is 1. The summed E-state index contributed by atoms with van der Waals surface area (Å²) in [5.74, 6) is -1.56. The minimum Gasteiger partial charge on any atom is -0.459 e. The Morgan fingerprint density at radius 1 is 1.30 bits per heavy atom. The van der Waals surface area contributed by atoms with Gasteiger partial charge in [0.15, 0.2) is 0 Å². The first-order valence-corrected chi connectivity index (χ1v) is 7.62. The highest BCUT2D eigenvalue weighted by atomic mass is 32.2. The van der Waals surface area contributed by atoms with Crippen LogP contribution in [0.4, 0.5) is 4.39 Å². The number of nitrogens with two attached hydrogens (primary N) is 1. The topological polar surface area (TPSA) is 86.5 Å². The number of carbonyl (C=O) groups is 1. The first kappa shape index (κ1) is 16.6. The molecule has 0 aliphatic rings. The van der Waals surface area contributed by atoms with Crippen molar-refractivity contribution in [3.8, 4) is 0 Å². The third kappa shape index (κ3) is 3.77. The third-order valence-electron chi connectivity index (χ3n) is 3.00. The number of hydrogen-bond donors (Lipinski definition) is 1. The number of benzene rings is 1. The van der Waals surface area contributed by atoms with Crippen LogP contribution in [0.1, 0.15) is 36.7 Å². The van der Waals surface area contributed by atoms with E-state index in [2.05, 4.69) is 0 Å². The van der Waals surface area contributed by atoms with Gasteiger partial charge in [-0.15, -0.1) is 0 Å². The normalized spacial score (nSPS) is 13.3. The maximum Gasteiger partial charge on any atom is 0.338 e. The molecule has 0 bridgehead atoms. The molecule has 112 valence electrons. The summed E-state index contributed by atoms with van der Waals surface area (Å²) < 4.78 is 41.5. The standard InChI is InChI=1S/C13H18FNO4S/c1-7(2)9(4)19-13(16)10-5-8(3)12(14)11(6-10)20(15,17)18/h5-7,9H,1-4H3,(H2,15,17,18). The van der Waals surface area contributed by atoms with Crippen LogP contribution in [0, 0.1) is 18.7 Å². The lowest BCUT2D eigenvalue weighted by Gasteiger charge is -2.17. The summed E-state index contributed by atoms with van der Waals surface area (Å²) in [5, 5.41) is 4.93. The molecule has 1 rings (SSSR count). The van der Waals surface area contributed by atoms with Crippen molar-refractivity contribution >= 4 is 16.0 Å². The number of primary sulfonamides is 1. The molecule has 0 amide bonds. The second-order valence-corrected chi connectivity index (χ2v) is 6.53. The van der Waals surface area contributed by atoms with Gasteiger partial charge in [-0.3, -0.25) is 0 Å². The fraction of sp³-hybridized carbons (Fsp3) is 0.462. The molecule has 1 aromatic rings. The van der Waals surface area contributed by atoms with E-state index in [4.69, 9.17) is 9.88 Å². The molecule has 0 spiro atoms. The Hall–Kier alpha value is -1.47. The van der Waals surface area contributed by atoms with Gasteiger partial charge in [0.1, 0.15) is 16.8 Å². The van der Waals surface area contributed by atoms with Gasteiger partial charge in [0.2, 0.25) is 10.0 Å². The van der Waals surface area contributed by atoms with Crippen LogP contribution < -0.4 is 5.14 Å². The predicted molar refractivity (Wildman–Crippen MR) is 72.2 cm³/mol. The number of carbonyl (C=O) groups excluding carboxylic acids is 1. The summed E-state index contributed by atoms with van der Waals surface area (Å²) in [4.78, 5) is 11.2. The maximum atomic E-state index is 13.7. The highest BCUT2D eigenvalue weighted by Gasteiger charge is 2.22. The average Bonchev–Trinajstić information content (AvgIpc) is 2.30. The second kappa shape index (κ2) is 5.88. The maximum absolute atomic E-state index is 13.7. The van der Waals surface area contributed by atoms with Crippen LogP contribution in [0.5, 0.6) is 0 Å². The third-order valence-corrected chi connectivity index (χ3v) is 3.91. The molecular formula is C13H18FNO4S.